The highest BCUT2D eigenvalue weighted by molar-refractivity contribution is 8.18. The summed E-state index contributed by atoms with van der Waals surface area (Å²) in [6.45, 7) is 6.46. The second-order valence-electron chi connectivity index (χ2n) is 6.88. The summed E-state index contributed by atoms with van der Waals surface area (Å²) in [7, 11) is 0. The van der Waals surface area contributed by atoms with E-state index >= 15 is 0 Å². The molecule has 1 aliphatic rings. The zero-order chi connectivity index (χ0) is 21.3. The monoisotopic (exact) mass is 420 g/mol. The first-order valence-corrected chi connectivity index (χ1v) is 10.5. The Labute approximate surface area is 179 Å². The Balaban J connectivity index is 1.69. The molecule has 0 N–H and O–H groups in total. The van der Waals surface area contributed by atoms with E-state index in [4.69, 9.17) is 0 Å². The number of hydrogen-bond donors (Lipinski definition) is 0. The number of aliphatic imine (C=N–C) groups is 1. The minimum absolute atomic E-state index is 0.0778. The Kier molecular flexibility index (Phi) is 5.55. The summed E-state index contributed by atoms with van der Waals surface area (Å²) in [5.41, 5.74) is 3.63. The van der Waals surface area contributed by atoms with Crippen molar-refractivity contribution in [3.63, 3.8) is 0 Å². The molecule has 1 saturated heterocycles. The minimum atomic E-state index is -0.315. The molecule has 0 radical (unpaired) electrons. The maximum Gasteiger partial charge on any atom is 0.266 e. The molecule has 0 unspecified atom stereocenters. The number of likely N-dealkylation sites (N-methyl/N-ethyl adjacent to an activating group) is 1. The molecule has 3 aromatic rings. The first-order valence-electron chi connectivity index (χ1n) is 9.64. The molecule has 1 aromatic carbocycles. The SMILES string of the molecule is CCN1C(=O)/C(=C\c2cc(C)n(-c3ccccn3)c2C)SC1=Nc1ccc(F)cc1. The van der Waals surface area contributed by atoms with Gasteiger partial charge >= 0.3 is 0 Å². The number of rotatable bonds is 4. The van der Waals surface area contributed by atoms with Crippen molar-refractivity contribution < 1.29 is 9.18 Å². The van der Waals surface area contributed by atoms with Crippen molar-refractivity contribution in [3.8, 4) is 5.82 Å². The number of carbonyl (C=O) groups is 1. The molecule has 7 heteroatoms. The average molecular weight is 421 g/mol. The van der Waals surface area contributed by atoms with E-state index in [0.29, 0.717) is 22.3 Å². The van der Waals surface area contributed by atoms with Crippen LogP contribution >= 0.6 is 11.8 Å². The number of halogens is 1. The number of aryl methyl sites for hydroxylation is 1. The number of benzene rings is 1. The van der Waals surface area contributed by atoms with Crippen LogP contribution in [0, 0.1) is 19.7 Å². The largest absolute Gasteiger partial charge is 0.303 e. The van der Waals surface area contributed by atoms with Gasteiger partial charge in [0.25, 0.3) is 5.91 Å². The van der Waals surface area contributed by atoms with Gasteiger partial charge in [0, 0.05) is 24.1 Å². The van der Waals surface area contributed by atoms with Gasteiger partial charge in [0.1, 0.15) is 11.6 Å². The number of pyridine rings is 1. The highest BCUT2D eigenvalue weighted by atomic mass is 32.2. The van der Waals surface area contributed by atoms with Crippen LogP contribution in [0.2, 0.25) is 0 Å². The van der Waals surface area contributed by atoms with Gasteiger partial charge in [-0.2, -0.15) is 0 Å². The van der Waals surface area contributed by atoms with Crippen molar-refractivity contribution in [3.05, 3.63) is 82.4 Å². The fourth-order valence-corrected chi connectivity index (χ4v) is 4.46. The van der Waals surface area contributed by atoms with E-state index < -0.39 is 0 Å². The van der Waals surface area contributed by atoms with Gasteiger partial charge in [0.05, 0.1) is 10.6 Å². The quantitative estimate of drug-likeness (QED) is 0.542. The third kappa shape index (κ3) is 3.80. The molecule has 0 saturated carbocycles. The van der Waals surface area contributed by atoms with Crippen molar-refractivity contribution in [2.45, 2.75) is 20.8 Å². The lowest BCUT2D eigenvalue weighted by Gasteiger charge is -2.11. The van der Waals surface area contributed by atoms with Crippen molar-refractivity contribution >= 4 is 34.6 Å². The van der Waals surface area contributed by atoms with Gasteiger partial charge in [-0.25, -0.2) is 14.4 Å². The standard InChI is InChI=1S/C23H21FN4OS/c1-4-27-22(29)20(30-23(27)26-19-10-8-18(24)9-11-19)14-17-13-15(2)28(16(17)3)21-7-5-6-12-25-21/h5-14H,4H2,1-3H3/b20-14+,26-23?. The highest BCUT2D eigenvalue weighted by Gasteiger charge is 2.32. The van der Waals surface area contributed by atoms with Crippen molar-refractivity contribution in [1.82, 2.24) is 14.5 Å². The lowest BCUT2D eigenvalue weighted by Crippen LogP contribution is -2.28. The van der Waals surface area contributed by atoms with Gasteiger partial charge in [-0.3, -0.25) is 9.69 Å². The van der Waals surface area contributed by atoms with Gasteiger partial charge in [-0.05, 0) is 86.6 Å². The predicted molar refractivity (Wildman–Crippen MR) is 119 cm³/mol. The Morgan fingerprint density at radius 3 is 2.60 bits per heavy atom. The average Bonchev–Trinajstić information content (AvgIpc) is 3.19. The van der Waals surface area contributed by atoms with E-state index in [9.17, 15) is 9.18 Å². The van der Waals surface area contributed by atoms with Gasteiger partial charge < -0.3 is 4.57 Å². The summed E-state index contributed by atoms with van der Waals surface area (Å²) >= 11 is 1.33. The third-order valence-electron chi connectivity index (χ3n) is 4.89. The molecular weight excluding hydrogens is 399 g/mol. The number of amides is 1. The molecule has 5 nitrogen and oxygen atoms in total. The summed E-state index contributed by atoms with van der Waals surface area (Å²) < 4.78 is 15.2. The van der Waals surface area contributed by atoms with Crippen LogP contribution in [0.3, 0.4) is 0 Å². The zero-order valence-corrected chi connectivity index (χ0v) is 17.8. The van der Waals surface area contributed by atoms with Gasteiger partial charge in [0.15, 0.2) is 5.17 Å². The fourth-order valence-electron chi connectivity index (χ4n) is 3.41. The topological polar surface area (TPSA) is 50.5 Å². The molecule has 2 aromatic heterocycles. The van der Waals surface area contributed by atoms with E-state index in [1.807, 2.05) is 45.0 Å². The first-order chi connectivity index (χ1) is 14.5. The number of carbonyl (C=O) groups excluding carboxylic acids is 1. The fraction of sp³-hybridized carbons (Fsp3) is 0.174. The van der Waals surface area contributed by atoms with Crippen LogP contribution in [0.15, 0.2) is 64.6 Å². The summed E-state index contributed by atoms with van der Waals surface area (Å²) in [5.74, 6) is 0.451. The van der Waals surface area contributed by atoms with E-state index in [2.05, 4.69) is 20.6 Å². The van der Waals surface area contributed by atoms with Gasteiger partial charge in [-0.1, -0.05) is 6.07 Å². The van der Waals surface area contributed by atoms with E-state index in [-0.39, 0.29) is 11.7 Å². The molecular formula is C23H21FN4OS. The molecule has 0 atom stereocenters. The van der Waals surface area contributed by atoms with Crippen LogP contribution in [0.25, 0.3) is 11.9 Å². The molecule has 4 rings (SSSR count). The molecule has 0 aliphatic carbocycles. The molecule has 1 amide bonds. The van der Waals surface area contributed by atoms with Crippen molar-refractivity contribution in [2.75, 3.05) is 6.54 Å². The van der Waals surface area contributed by atoms with Crippen LogP contribution in [0.5, 0.6) is 0 Å². The number of nitrogens with zero attached hydrogens (tertiary/aromatic N) is 4. The minimum Gasteiger partial charge on any atom is -0.303 e. The van der Waals surface area contributed by atoms with E-state index in [0.717, 1.165) is 22.8 Å². The molecule has 30 heavy (non-hydrogen) atoms. The van der Waals surface area contributed by atoms with Gasteiger partial charge in [0.2, 0.25) is 0 Å². The number of hydrogen-bond acceptors (Lipinski definition) is 4. The van der Waals surface area contributed by atoms with Crippen LogP contribution in [0.4, 0.5) is 10.1 Å². The van der Waals surface area contributed by atoms with Crippen LogP contribution in [-0.4, -0.2) is 32.1 Å². The Morgan fingerprint density at radius 2 is 1.93 bits per heavy atom. The van der Waals surface area contributed by atoms with E-state index in [1.165, 1.54) is 23.9 Å². The molecule has 0 bridgehead atoms. The Bertz CT molecular complexity index is 1150. The molecule has 3 heterocycles. The second kappa shape index (κ2) is 8.28. The second-order valence-corrected chi connectivity index (χ2v) is 7.89. The summed E-state index contributed by atoms with van der Waals surface area (Å²) in [6, 6.07) is 13.8. The Hall–Kier alpha value is -3.19. The lowest BCUT2D eigenvalue weighted by molar-refractivity contribution is -0.122. The maximum absolute atomic E-state index is 13.2. The normalized spacial score (nSPS) is 16.8. The number of aromatic nitrogens is 2. The highest BCUT2D eigenvalue weighted by Crippen LogP contribution is 2.35. The molecule has 1 fully saturated rings. The summed E-state index contributed by atoms with van der Waals surface area (Å²) in [6.07, 6.45) is 3.67. The predicted octanol–water partition coefficient (Wildman–Crippen LogP) is 5.25. The summed E-state index contributed by atoms with van der Waals surface area (Å²) in [5, 5.41) is 0.596. The van der Waals surface area contributed by atoms with Gasteiger partial charge in [-0.15, -0.1) is 0 Å². The van der Waals surface area contributed by atoms with E-state index in [1.54, 1.807) is 23.2 Å². The molecule has 1 aliphatic heterocycles. The number of amidine groups is 1. The molecule has 0 spiro atoms. The Morgan fingerprint density at radius 1 is 1.17 bits per heavy atom. The summed E-state index contributed by atoms with van der Waals surface area (Å²) in [4.78, 5) is 24.2. The van der Waals surface area contributed by atoms with Crippen LogP contribution in [0.1, 0.15) is 23.9 Å². The maximum atomic E-state index is 13.2. The smallest absolute Gasteiger partial charge is 0.266 e. The van der Waals surface area contributed by atoms with Crippen LogP contribution < -0.4 is 0 Å². The first kappa shape index (κ1) is 20.1. The molecule has 152 valence electrons. The van der Waals surface area contributed by atoms with Crippen molar-refractivity contribution in [2.24, 2.45) is 4.99 Å². The van der Waals surface area contributed by atoms with Crippen LogP contribution in [-0.2, 0) is 4.79 Å². The third-order valence-corrected chi connectivity index (χ3v) is 5.90. The van der Waals surface area contributed by atoms with Crippen molar-refractivity contribution in [1.29, 1.82) is 0 Å². The number of thioether (sulfide) groups is 1. The lowest BCUT2D eigenvalue weighted by atomic mass is 10.2. The zero-order valence-electron chi connectivity index (χ0n) is 17.0.